The van der Waals surface area contributed by atoms with Crippen LogP contribution in [0.25, 0.3) is 5.69 Å². The highest BCUT2D eigenvalue weighted by Gasteiger charge is 2.13. The van der Waals surface area contributed by atoms with E-state index >= 15 is 0 Å². The van der Waals surface area contributed by atoms with Gasteiger partial charge in [-0.15, -0.1) is 0 Å². The van der Waals surface area contributed by atoms with E-state index in [9.17, 15) is 0 Å². The second-order valence-corrected chi connectivity index (χ2v) is 5.19. The molecule has 0 aliphatic carbocycles. The van der Waals surface area contributed by atoms with Crippen LogP contribution in [0.3, 0.4) is 0 Å². The molecule has 2 heteroatoms. The average Bonchev–Trinajstić information content (AvgIpc) is 3.01. The zero-order valence-electron chi connectivity index (χ0n) is 11.0. The van der Waals surface area contributed by atoms with Crippen LogP contribution >= 0.6 is 0 Å². The number of nitrogens with zero attached hydrogens (tertiary/aromatic N) is 2. The van der Waals surface area contributed by atoms with E-state index in [0.29, 0.717) is 0 Å². The van der Waals surface area contributed by atoms with Crippen LogP contribution in [0.5, 0.6) is 0 Å². The molecule has 0 saturated carbocycles. The highest BCUT2D eigenvalue weighted by Crippen LogP contribution is 2.18. The van der Waals surface area contributed by atoms with E-state index in [-0.39, 0.29) is 0 Å². The van der Waals surface area contributed by atoms with Crippen LogP contribution < -0.4 is 0 Å². The summed E-state index contributed by atoms with van der Waals surface area (Å²) in [6, 6.07) is 13.1. The summed E-state index contributed by atoms with van der Waals surface area (Å²) >= 11 is 0. The minimum absolute atomic E-state index is 1.07. The first-order valence-electron chi connectivity index (χ1n) is 6.78. The van der Waals surface area contributed by atoms with Crippen LogP contribution in [0.15, 0.2) is 42.6 Å². The minimum atomic E-state index is 1.07. The van der Waals surface area contributed by atoms with E-state index in [1.165, 1.54) is 42.9 Å². The SMILES string of the molecule is Cc1cccc(-n2cccc2CN2CCCC2)c1. The summed E-state index contributed by atoms with van der Waals surface area (Å²) in [4.78, 5) is 2.54. The summed E-state index contributed by atoms with van der Waals surface area (Å²) in [5.74, 6) is 0. The fourth-order valence-corrected chi connectivity index (χ4v) is 2.74. The quantitative estimate of drug-likeness (QED) is 0.798. The monoisotopic (exact) mass is 240 g/mol. The number of hydrogen-bond donors (Lipinski definition) is 0. The first-order chi connectivity index (χ1) is 8.83. The Hall–Kier alpha value is -1.54. The molecule has 1 fully saturated rings. The maximum atomic E-state index is 2.54. The number of hydrogen-bond acceptors (Lipinski definition) is 1. The molecule has 0 bridgehead atoms. The third-order valence-corrected chi connectivity index (χ3v) is 3.70. The van der Waals surface area contributed by atoms with Crippen LogP contribution in [0.4, 0.5) is 0 Å². The van der Waals surface area contributed by atoms with E-state index in [0.717, 1.165) is 6.54 Å². The van der Waals surface area contributed by atoms with E-state index in [4.69, 9.17) is 0 Å². The van der Waals surface area contributed by atoms with Crippen molar-refractivity contribution in [2.45, 2.75) is 26.3 Å². The fourth-order valence-electron chi connectivity index (χ4n) is 2.74. The molecule has 0 amide bonds. The Labute approximate surface area is 109 Å². The number of aryl methyl sites for hydroxylation is 1. The Bertz CT molecular complexity index is 521. The number of rotatable bonds is 3. The van der Waals surface area contributed by atoms with Crippen molar-refractivity contribution in [3.63, 3.8) is 0 Å². The van der Waals surface area contributed by atoms with Crippen LogP contribution in [0, 0.1) is 6.92 Å². The van der Waals surface area contributed by atoms with Gasteiger partial charge in [0.05, 0.1) is 0 Å². The minimum Gasteiger partial charge on any atom is -0.320 e. The Kier molecular flexibility index (Phi) is 3.20. The van der Waals surface area contributed by atoms with Gasteiger partial charge in [-0.05, 0) is 62.7 Å². The molecule has 18 heavy (non-hydrogen) atoms. The van der Waals surface area contributed by atoms with Crippen molar-refractivity contribution in [2.24, 2.45) is 0 Å². The van der Waals surface area contributed by atoms with Crippen LogP contribution in [-0.4, -0.2) is 22.6 Å². The Morgan fingerprint density at radius 1 is 1.06 bits per heavy atom. The van der Waals surface area contributed by atoms with Gasteiger partial charge in [-0.2, -0.15) is 0 Å². The van der Waals surface area contributed by atoms with Crippen molar-refractivity contribution >= 4 is 0 Å². The van der Waals surface area contributed by atoms with Gasteiger partial charge >= 0.3 is 0 Å². The molecular weight excluding hydrogens is 220 g/mol. The van der Waals surface area contributed by atoms with Gasteiger partial charge in [0.15, 0.2) is 0 Å². The molecule has 1 aromatic heterocycles. The van der Waals surface area contributed by atoms with E-state index in [1.54, 1.807) is 0 Å². The lowest BCUT2D eigenvalue weighted by atomic mass is 10.2. The molecule has 1 aliphatic rings. The predicted molar refractivity (Wildman–Crippen MR) is 75.0 cm³/mol. The summed E-state index contributed by atoms with van der Waals surface area (Å²) in [6.45, 7) is 5.71. The standard InChI is InChI=1S/C16H20N2/c1-14-6-4-7-15(12-14)18-11-5-8-16(18)13-17-9-2-3-10-17/h4-8,11-12H,2-3,9-10,13H2,1H3. The lowest BCUT2D eigenvalue weighted by Gasteiger charge is -2.17. The third kappa shape index (κ3) is 2.34. The van der Waals surface area contributed by atoms with E-state index in [1.807, 2.05) is 0 Å². The maximum absolute atomic E-state index is 2.54. The van der Waals surface area contributed by atoms with Gasteiger partial charge in [0, 0.05) is 24.1 Å². The zero-order chi connectivity index (χ0) is 12.4. The number of benzene rings is 1. The van der Waals surface area contributed by atoms with Gasteiger partial charge in [-0.25, -0.2) is 0 Å². The summed E-state index contributed by atoms with van der Waals surface area (Å²) in [5, 5.41) is 0. The number of likely N-dealkylation sites (tertiary alicyclic amines) is 1. The topological polar surface area (TPSA) is 8.17 Å². The third-order valence-electron chi connectivity index (χ3n) is 3.70. The lowest BCUT2D eigenvalue weighted by molar-refractivity contribution is 0.325. The van der Waals surface area contributed by atoms with Crippen LogP contribution in [0.1, 0.15) is 24.1 Å². The fraction of sp³-hybridized carbons (Fsp3) is 0.375. The Morgan fingerprint density at radius 3 is 2.67 bits per heavy atom. The van der Waals surface area contributed by atoms with Crippen molar-refractivity contribution in [2.75, 3.05) is 13.1 Å². The maximum Gasteiger partial charge on any atom is 0.0455 e. The largest absolute Gasteiger partial charge is 0.320 e. The first kappa shape index (κ1) is 11.5. The predicted octanol–water partition coefficient (Wildman–Crippen LogP) is 3.38. The smallest absolute Gasteiger partial charge is 0.0455 e. The second kappa shape index (κ2) is 4.99. The molecule has 2 heterocycles. The molecule has 94 valence electrons. The zero-order valence-corrected chi connectivity index (χ0v) is 11.0. The first-order valence-corrected chi connectivity index (χ1v) is 6.78. The van der Waals surface area contributed by atoms with Crippen molar-refractivity contribution in [1.29, 1.82) is 0 Å². The molecule has 1 aromatic carbocycles. The Morgan fingerprint density at radius 2 is 1.89 bits per heavy atom. The molecule has 3 rings (SSSR count). The normalized spacial score (nSPS) is 16.3. The van der Waals surface area contributed by atoms with Crippen molar-refractivity contribution in [1.82, 2.24) is 9.47 Å². The molecule has 1 aliphatic heterocycles. The summed E-state index contributed by atoms with van der Waals surface area (Å²) < 4.78 is 2.31. The average molecular weight is 240 g/mol. The van der Waals surface area contributed by atoms with Gasteiger partial charge in [-0.1, -0.05) is 12.1 Å². The Balaban J connectivity index is 1.86. The van der Waals surface area contributed by atoms with Gasteiger partial charge in [0.2, 0.25) is 0 Å². The molecular formula is C16H20N2. The number of aromatic nitrogens is 1. The summed E-state index contributed by atoms with van der Waals surface area (Å²) in [5.41, 5.74) is 3.98. The van der Waals surface area contributed by atoms with E-state index < -0.39 is 0 Å². The van der Waals surface area contributed by atoms with Crippen LogP contribution in [0.2, 0.25) is 0 Å². The summed E-state index contributed by atoms with van der Waals surface area (Å²) in [7, 11) is 0. The van der Waals surface area contributed by atoms with Crippen molar-refractivity contribution in [3.05, 3.63) is 53.9 Å². The van der Waals surface area contributed by atoms with Crippen molar-refractivity contribution < 1.29 is 0 Å². The molecule has 0 atom stereocenters. The van der Waals surface area contributed by atoms with Crippen LogP contribution in [-0.2, 0) is 6.54 Å². The highest BCUT2D eigenvalue weighted by molar-refractivity contribution is 5.38. The molecule has 1 saturated heterocycles. The molecule has 0 N–H and O–H groups in total. The summed E-state index contributed by atoms with van der Waals surface area (Å²) in [6.07, 6.45) is 4.87. The lowest BCUT2D eigenvalue weighted by Crippen LogP contribution is -2.20. The van der Waals surface area contributed by atoms with Gasteiger partial charge in [-0.3, -0.25) is 4.90 Å². The highest BCUT2D eigenvalue weighted by atomic mass is 15.2. The molecule has 2 nitrogen and oxygen atoms in total. The molecule has 0 unspecified atom stereocenters. The van der Waals surface area contributed by atoms with Crippen molar-refractivity contribution in [3.8, 4) is 5.69 Å². The van der Waals surface area contributed by atoms with Gasteiger partial charge in [0.1, 0.15) is 0 Å². The second-order valence-electron chi connectivity index (χ2n) is 5.19. The van der Waals surface area contributed by atoms with Gasteiger partial charge < -0.3 is 4.57 Å². The molecule has 0 radical (unpaired) electrons. The van der Waals surface area contributed by atoms with E-state index in [2.05, 4.69) is 59.0 Å². The molecule has 2 aromatic rings. The van der Waals surface area contributed by atoms with Gasteiger partial charge in [0.25, 0.3) is 0 Å². The molecule has 0 spiro atoms.